The molecule has 0 radical (unpaired) electrons. The minimum absolute atomic E-state index is 0.185. The van der Waals surface area contributed by atoms with Crippen molar-refractivity contribution < 1.29 is 22.8 Å². The van der Waals surface area contributed by atoms with E-state index in [1.165, 1.54) is 0 Å². The fraction of sp³-hybridized carbons (Fsp3) is 0.846. The summed E-state index contributed by atoms with van der Waals surface area (Å²) in [4.78, 5) is 24.4. The number of hydrogen-bond acceptors (Lipinski definition) is 3. The molecule has 1 aliphatic heterocycles. The summed E-state index contributed by atoms with van der Waals surface area (Å²) in [5, 5.41) is 2.80. The van der Waals surface area contributed by atoms with Gasteiger partial charge in [0.05, 0.1) is 11.5 Å². The van der Waals surface area contributed by atoms with Gasteiger partial charge in [0.1, 0.15) is 6.54 Å². The van der Waals surface area contributed by atoms with Crippen LogP contribution in [0.5, 0.6) is 0 Å². The maximum Gasteiger partial charge on any atom is 0.406 e. The molecule has 1 aliphatic rings. The summed E-state index contributed by atoms with van der Waals surface area (Å²) in [5.41, 5.74) is 5.11. The van der Waals surface area contributed by atoms with E-state index in [-0.39, 0.29) is 19.5 Å². The van der Waals surface area contributed by atoms with Crippen LogP contribution in [0.25, 0.3) is 0 Å². The number of carbonyl (C=O) groups excluding carboxylic acids is 2. The summed E-state index contributed by atoms with van der Waals surface area (Å²) in [6.07, 6.45) is -3.39. The van der Waals surface area contributed by atoms with E-state index in [4.69, 9.17) is 5.73 Å². The van der Waals surface area contributed by atoms with Crippen LogP contribution >= 0.6 is 0 Å². The Hall–Kier alpha value is -1.31. The normalized spacial score (nSPS) is 20.0. The number of alkyl halides is 3. The molecule has 2 amide bonds. The SMILES string of the molecule is CCC(CC)(CN)NC(=O)C1CC(=O)N(CC(F)(F)F)C1. The fourth-order valence-electron chi connectivity index (χ4n) is 2.45. The number of amides is 2. The van der Waals surface area contributed by atoms with Gasteiger partial charge in [-0.15, -0.1) is 0 Å². The number of rotatable bonds is 6. The van der Waals surface area contributed by atoms with E-state index >= 15 is 0 Å². The van der Waals surface area contributed by atoms with E-state index in [2.05, 4.69) is 5.32 Å². The topological polar surface area (TPSA) is 75.4 Å². The smallest absolute Gasteiger partial charge is 0.349 e. The maximum atomic E-state index is 12.3. The molecule has 0 bridgehead atoms. The van der Waals surface area contributed by atoms with Crippen LogP contribution in [0.2, 0.25) is 0 Å². The second kappa shape index (κ2) is 6.64. The summed E-state index contributed by atoms with van der Waals surface area (Å²) >= 11 is 0. The van der Waals surface area contributed by atoms with Crippen LogP contribution < -0.4 is 11.1 Å². The van der Waals surface area contributed by atoms with Gasteiger partial charge in [0, 0.05) is 19.5 Å². The Morgan fingerprint density at radius 2 is 1.95 bits per heavy atom. The highest BCUT2D eigenvalue weighted by molar-refractivity contribution is 5.89. The average Bonchev–Trinajstić information content (AvgIpc) is 2.75. The number of halogens is 3. The largest absolute Gasteiger partial charge is 0.406 e. The van der Waals surface area contributed by atoms with Crippen molar-refractivity contribution in [1.82, 2.24) is 10.2 Å². The molecule has 1 unspecified atom stereocenters. The number of nitrogens with one attached hydrogen (secondary N) is 1. The van der Waals surface area contributed by atoms with Gasteiger partial charge in [-0.1, -0.05) is 13.8 Å². The van der Waals surface area contributed by atoms with Crippen molar-refractivity contribution >= 4 is 11.8 Å². The van der Waals surface area contributed by atoms with Gasteiger partial charge in [0.25, 0.3) is 0 Å². The quantitative estimate of drug-likeness (QED) is 0.769. The van der Waals surface area contributed by atoms with Gasteiger partial charge < -0.3 is 16.0 Å². The number of carbonyl (C=O) groups is 2. The van der Waals surface area contributed by atoms with Crippen molar-refractivity contribution in [3.63, 3.8) is 0 Å². The lowest BCUT2D eigenvalue weighted by molar-refractivity contribution is -0.157. The summed E-state index contributed by atoms with van der Waals surface area (Å²) in [5.74, 6) is -1.79. The summed E-state index contributed by atoms with van der Waals surface area (Å²) in [7, 11) is 0. The Kier molecular flexibility index (Phi) is 5.61. The van der Waals surface area contributed by atoms with Crippen molar-refractivity contribution in [2.75, 3.05) is 19.6 Å². The van der Waals surface area contributed by atoms with Gasteiger partial charge in [-0.05, 0) is 12.8 Å². The van der Waals surface area contributed by atoms with Crippen molar-refractivity contribution in [3.8, 4) is 0 Å². The third kappa shape index (κ3) is 4.59. The van der Waals surface area contributed by atoms with Crippen LogP contribution in [-0.4, -0.2) is 48.1 Å². The molecule has 0 spiro atoms. The monoisotopic (exact) mass is 309 g/mol. The van der Waals surface area contributed by atoms with Crippen LogP contribution in [0.1, 0.15) is 33.1 Å². The second-order valence-electron chi connectivity index (χ2n) is 5.47. The number of nitrogens with two attached hydrogens (primary N) is 1. The molecule has 0 saturated carbocycles. The molecule has 5 nitrogen and oxygen atoms in total. The molecule has 21 heavy (non-hydrogen) atoms. The summed E-state index contributed by atoms with van der Waals surface area (Å²) in [6, 6.07) is 0. The van der Waals surface area contributed by atoms with Crippen LogP contribution in [0, 0.1) is 5.92 Å². The Morgan fingerprint density at radius 1 is 1.38 bits per heavy atom. The van der Waals surface area contributed by atoms with Crippen molar-refractivity contribution in [2.45, 2.75) is 44.8 Å². The first-order valence-corrected chi connectivity index (χ1v) is 7.03. The highest BCUT2D eigenvalue weighted by Crippen LogP contribution is 2.25. The standard InChI is InChI=1S/C13H22F3N3O2/c1-3-12(4-2,7-17)18-11(21)9-5-10(20)19(6-9)8-13(14,15)16/h9H,3-8,17H2,1-2H3,(H,18,21). The molecule has 3 N–H and O–H groups in total. The van der Waals surface area contributed by atoms with Gasteiger partial charge in [-0.2, -0.15) is 13.2 Å². The lowest BCUT2D eigenvalue weighted by Crippen LogP contribution is -2.54. The zero-order valence-electron chi connectivity index (χ0n) is 12.3. The van der Waals surface area contributed by atoms with E-state index in [0.29, 0.717) is 17.7 Å². The zero-order valence-corrected chi connectivity index (χ0v) is 12.3. The summed E-state index contributed by atoms with van der Waals surface area (Å²) in [6.45, 7) is 2.51. The van der Waals surface area contributed by atoms with E-state index in [1.807, 2.05) is 13.8 Å². The number of hydrogen-bond donors (Lipinski definition) is 2. The molecular weight excluding hydrogens is 287 g/mol. The van der Waals surface area contributed by atoms with Gasteiger partial charge >= 0.3 is 6.18 Å². The maximum absolute atomic E-state index is 12.3. The van der Waals surface area contributed by atoms with Gasteiger partial charge in [-0.3, -0.25) is 9.59 Å². The third-order valence-electron chi connectivity index (χ3n) is 4.09. The zero-order chi connectivity index (χ0) is 16.3. The molecule has 0 aromatic carbocycles. The lowest BCUT2D eigenvalue weighted by atomic mass is 9.91. The molecule has 0 aromatic rings. The first-order valence-electron chi connectivity index (χ1n) is 7.03. The Balaban J connectivity index is 2.67. The number of likely N-dealkylation sites (tertiary alicyclic amines) is 1. The highest BCUT2D eigenvalue weighted by Gasteiger charge is 2.41. The third-order valence-corrected chi connectivity index (χ3v) is 4.09. The van der Waals surface area contributed by atoms with Gasteiger partial charge in [-0.25, -0.2) is 0 Å². The molecule has 1 atom stereocenters. The molecule has 1 saturated heterocycles. The van der Waals surface area contributed by atoms with E-state index in [9.17, 15) is 22.8 Å². The molecular formula is C13H22F3N3O2. The average molecular weight is 309 g/mol. The Bertz CT molecular complexity index is 386. The first kappa shape index (κ1) is 17.7. The van der Waals surface area contributed by atoms with Gasteiger partial charge in [0.15, 0.2) is 0 Å². The molecule has 1 heterocycles. The van der Waals surface area contributed by atoms with Crippen molar-refractivity contribution in [2.24, 2.45) is 11.7 Å². The molecule has 1 fully saturated rings. The highest BCUT2D eigenvalue weighted by atomic mass is 19.4. The van der Waals surface area contributed by atoms with E-state index < -0.39 is 36.0 Å². The van der Waals surface area contributed by atoms with E-state index in [0.717, 1.165) is 0 Å². The molecule has 122 valence electrons. The molecule has 1 rings (SSSR count). The van der Waals surface area contributed by atoms with Crippen LogP contribution in [0.4, 0.5) is 13.2 Å². The minimum atomic E-state index is -4.45. The summed E-state index contributed by atoms with van der Waals surface area (Å²) < 4.78 is 37.0. The van der Waals surface area contributed by atoms with Gasteiger partial charge in [0.2, 0.25) is 11.8 Å². The number of nitrogens with zero attached hydrogens (tertiary/aromatic N) is 1. The van der Waals surface area contributed by atoms with Crippen LogP contribution in [0.15, 0.2) is 0 Å². The Morgan fingerprint density at radius 3 is 2.38 bits per heavy atom. The first-order chi connectivity index (χ1) is 9.66. The van der Waals surface area contributed by atoms with Crippen molar-refractivity contribution in [1.29, 1.82) is 0 Å². The second-order valence-corrected chi connectivity index (χ2v) is 5.47. The predicted molar refractivity (Wildman–Crippen MR) is 71.3 cm³/mol. The fourth-order valence-corrected chi connectivity index (χ4v) is 2.45. The van der Waals surface area contributed by atoms with E-state index in [1.54, 1.807) is 0 Å². The van der Waals surface area contributed by atoms with Crippen molar-refractivity contribution in [3.05, 3.63) is 0 Å². The minimum Gasteiger partial charge on any atom is -0.349 e. The molecule has 0 aliphatic carbocycles. The molecule has 0 aromatic heterocycles. The van der Waals surface area contributed by atoms with Crippen LogP contribution in [0.3, 0.4) is 0 Å². The molecule has 8 heteroatoms. The van der Waals surface area contributed by atoms with Crippen LogP contribution in [-0.2, 0) is 9.59 Å². The predicted octanol–water partition coefficient (Wildman–Crippen LogP) is 1.03. The lowest BCUT2D eigenvalue weighted by Gasteiger charge is -2.32. The Labute approximate surface area is 122 Å².